The lowest BCUT2D eigenvalue weighted by molar-refractivity contribution is 0.187. The highest BCUT2D eigenvalue weighted by Gasteiger charge is 2.26. The van der Waals surface area contributed by atoms with Gasteiger partial charge in [-0.05, 0) is 29.5 Å². The van der Waals surface area contributed by atoms with E-state index in [2.05, 4.69) is 32.2 Å². The van der Waals surface area contributed by atoms with E-state index in [9.17, 15) is 4.39 Å². The van der Waals surface area contributed by atoms with Crippen molar-refractivity contribution in [3.05, 3.63) is 29.8 Å². The third-order valence-corrected chi connectivity index (χ3v) is 4.37. The molecule has 3 rings (SSSR count). The molecule has 1 saturated heterocycles. The molecule has 1 aliphatic rings. The highest BCUT2D eigenvalue weighted by Crippen LogP contribution is 2.30. The van der Waals surface area contributed by atoms with Gasteiger partial charge < -0.3 is 9.64 Å². The van der Waals surface area contributed by atoms with E-state index in [4.69, 9.17) is 4.74 Å². The summed E-state index contributed by atoms with van der Waals surface area (Å²) in [4.78, 5) is 4.56. The first kappa shape index (κ1) is 15.7. The van der Waals surface area contributed by atoms with Gasteiger partial charge in [0.15, 0.2) is 5.82 Å². The van der Waals surface area contributed by atoms with E-state index in [1.54, 1.807) is 17.9 Å². The second kappa shape index (κ2) is 6.49. The fourth-order valence-corrected chi connectivity index (χ4v) is 3.02. The Morgan fingerprint density at radius 1 is 1.22 bits per heavy atom. The van der Waals surface area contributed by atoms with Gasteiger partial charge in [-0.1, -0.05) is 0 Å². The average Bonchev–Trinajstić information content (AvgIpc) is 3.00. The minimum atomic E-state index is -0.285. The summed E-state index contributed by atoms with van der Waals surface area (Å²) in [7, 11) is 3.42. The Morgan fingerprint density at radius 3 is 2.57 bits per heavy atom. The van der Waals surface area contributed by atoms with Crippen LogP contribution < -0.4 is 9.64 Å². The zero-order chi connectivity index (χ0) is 16.4. The number of hydrogen-bond donors (Lipinski definition) is 0. The lowest BCUT2D eigenvalue weighted by Crippen LogP contribution is -2.47. The average molecular weight is 320 g/mol. The van der Waals surface area contributed by atoms with Crippen molar-refractivity contribution < 1.29 is 9.13 Å². The van der Waals surface area contributed by atoms with Crippen LogP contribution in [-0.4, -0.2) is 58.4 Å². The summed E-state index contributed by atoms with van der Waals surface area (Å²) in [6.07, 6.45) is 0. The molecular formula is C15H21FN6O. The van der Waals surface area contributed by atoms with Crippen LogP contribution in [0.4, 0.5) is 10.1 Å². The second-order valence-corrected chi connectivity index (χ2v) is 5.68. The van der Waals surface area contributed by atoms with E-state index in [0.29, 0.717) is 5.75 Å². The number of halogens is 1. The Balaban J connectivity index is 1.68. The first-order valence-corrected chi connectivity index (χ1v) is 7.65. The molecule has 0 N–H and O–H groups in total. The summed E-state index contributed by atoms with van der Waals surface area (Å²) in [6, 6.07) is 4.83. The van der Waals surface area contributed by atoms with Crippen LogP contribution in [-0.2, 0) is 7.05 Å². The number of benzene rings is 1. The minimum Gasteiger partial charge on any atom is -0.494 e. The van der Waals surface area contributed by atoms with Crippen molar-refractivity contribution in [1.29, 1.82) is 0 Å². The van der Waals surface area contributed by atoms with Gasteiger partial charge in [0, 0.05) is 39.3 Å². The molecule has 1 aromatic heterocycles. The van der Waals surface area contributed by atoms with Crippen LogP contribution in [0, 0.1) is 5.82 Å². The lowest BCUT2D eigenvalue weighted by Gasteiger charge is -2.38. The van der Waals surface area contributed by atoms with Crippen LogP contribution >= 0.6 is 0 Å². The standard InChI is InChI=1S/C15H21FN6O/c1-11(15-17-18-19-20(15)2)21-6-8-22(9-7-21)13-5-4-12(16)10-14(13)23-3/h4-5,10-11H,6-9H2,1-3H3. The normalized spacial score (nSPS) is 17.3. The number of ether oxygens (including phenoxy) is 1. The van der Waals surface area contributed by atoms with Crippen LogP contribution in [0.25, 0.3) is 0 Å². The number of aryl methyl sites for hydroxylation is 1. The topological polar surface area (TPSA) is 59.3 Å². The zero-order valence-corrected chi connectivity index (χ0v) is 13.6. The molecule has 2 heterocycles. The van der Waals surface area contributed by atoms with Crippen molar-refractivity contribution in [2.75, 3.05) is 38.2 Å². The summed E-state index contributed by atoms with van der Waals surface area (Å²) >= 11 is 0. The van der Waals surface area contributed by atoms with Gasteiger partial charge in [0.05, 0.1) is 18.8 Å². The van der Waals surface area contributed by atoms with Gasteiger partial charge in [0.1, 0.15) is 11.6 Å². The van der Waals surface area contributed by atoms with E-state index in [1.165, 1.54) is 12.1 Å². The van der Waals surface area contributed by atoms with E-state index in [-0.39, 0.29) is 11.9 Å². The summed E-state index contributed by atoms with van der Waals surface area (Å²) in [6.45, 7) is 5.57. The van der Waals surface area contributed by atoms with E-state index in [0.717, 1.165) is 37.7 Å². The molecule has 1 aliphatic heterocycles. The van der Waals surface area contributed by atoms with Crippen molar-refractivity contribution >= 4 is 5.69 Å². The molecule has 0 radical (unpaired) electrons. The number of aromatic nitrogens is 4. The Bertz CT molecular complexity index is 668. The Kier molecular flexibility index (Phi) is 4.42. The third-order valence-electron chi connectivity index (χ3n) is 4.37. The molecule has 0 saturated carbocycles. The molecule has 23 heavy (non-hydrogen) atoms. The Hall–Kier alpha value is -2.22. The zero-order valence-electron chi connectivity index (χ0n) is 13.6. The predicted molar refractivity (Wildman–Crippen MR) is 84.0 cm³/mol. The molecule has 0 spiro atoms. The van der Waals surface area contributed by atoms with Crippen molar-refractivity contribution in [2.45, 2.75) is 13.0 Å². The number of nitrogens with zero attached hydrogens (tertiary/aromatic N) is 6. The minimum absolute atomic E-state index is 0.160. The summed E-state index contributed by atoms with van der Waals surface area (Å²) in [5.41, 5.74) is 0.932. The van der Waals surface area contributed by atoms with E-state index < -0.39 is 0 Å². The number of tetrazole rings is 1. The first-order valence-electron chi connectivity index (χ1n) is 7.65. The smallest absolute Gasteiger partial charge is 0.167 e. The van der Waals surface area contributed by atoms with Crippen LogP contribution in [0.5, 0.6) is 5.75 Å². The monoisotopic (exact) mass is 320 g/mol. The molecule has 0 bridgehead atoms. The molecule has 1 atom stereocenters. The number of piperazine rings is 1. The maximum atomic E-state index is 13.3. The lowest BCUT2D eigenvalue weighted by atomic mass is 10.2. The SMILES string of the molecule is COc1cc(F)ccc1N1CCN(C(C)c2nnnn2C)CC1. The Labute approximate surface area is 134 Å². The molecule has 2 aromatic rings. The van der Waals surface area contributed by atoms with Crippen molar-refractivity contribution in [2.24, 2.45) is 7.05 Å². The van der Waals surface area contributed by atoms with Gasteiger partial charge >= 0.3 is 0 Å². The molecule has 124 valence electrons. The molecule has 1 aromatic carbocycles. The predicted octanol–water partition coefficient (Wildman–Crippen LogP) is 1.24. The molecule has 0 aliphatic carbocycles. The molecule has 1 fully saturated rings. The van der Waals surface area contributed by atoms with Crippen LogP contribution in [0.2, 0.25) is 0 Å². The molecule has 7 nitrogen and oxygen atoms in total. The van der Waals surface area contributed by atoms with E-state index in [1.807, 2.05) is 7.05 Å². The number of hydrogen-bond acceptors (Lipinski definition) is 6. The highest BCUT2D eigenvalue weighted by molar-refractivity contribution is 5.59. The highest BCUT2D eigenvalue weighted by atomic mass is 19.1. The van der Waals surface area contributed by atoms with Gasteiger partial charge in [-0.25, -0.2) is 9.07 Å². The van der Waals surface area contributed by atoms with Crippen LogP contribution in [0.3, 0.4) is 0 Å². The first-order chi connectivity index (χ1) is 11.1. The van der Waals surface area contributed by atoms with Gasteiger partial charge in [-0.2, -0.15) is 0 Å². The van der Waals surface area contributed by atoms with Gasteiger partial charge in [0.2, 0.25) is 0 Å². The van der Waals surface area contributed by atoms with E-state index >= 15 is 0 Å². The van der Waals surface area contributed by atoms with Crippen molar-refractivity contribution in [3.63, 3.8) is 0 Å². The number of anilines is 1. The molecule has 8 heteroatoms. The van der Waals surface area contributed by atoms with Crippen molar-refractivity contribution in [1.82, 2.24) is 25.1 Å². The Morgan fingerprint density at radius 2 is 1.96 bits per heavy atom. The number of methoxy groups -OCH3 is 1. The fourth-order valence-electron chi connectivity index (χ4n) is 3.02. The number of rotatable bonds is 4. The van der Waals surface area contributed by atoms with Gasteiger partial charge in [-0.3, -0.25) is 4.90 Å². The molecule has 1 unspecified atom stereocenters. The van der Waals surface area contributed by atoms with Gasteiger partial charge in [0.25, 0.3) is 0 Å². The maximum absolute atomic E-state index is 13.3. The molecular weight excluding hydrogens is 299 g/mol. The quantitative estimate of drug-likeness (QED) is 0.845. The van der Waals surface area contributed by atoms with Crippen LogP contribution in [0.15, 0.2) is 18.2 Å². The fraction of sp³-hybridized carbons (Fsp3) is 0.533. The summed E-state index contributed by atoms with van der Waals surface area (Å²) in [5.74, 6) is 1.15. The van der Waals surface area contributed by atoms with Gasteiger partial charge in [-0.15, -0.1) is 5.10 Å². The van der Waals surface area contributed by atoms with Crippen molar-refractivity contribution in [3.8, 4) is 5.75 Å². The second-order valence-electron chi connectivity index (χ2n) is 5.68. The summed E-state index contributed by atoms with van der Waals surface area (Å²) < 4.78 is 20.3. The summed E-state index contributed by atoms with van der Waals surface area (Å²) in [5, 5.41) is 11.7. The maximum Gasteiger partial charge on any atom is 0.167 e. The van der Waals surface area contributed by atoms with Crippen LogP contribution in [0.1, 0.15) is 18.8 Å². The third kappa shape index (κ3) is 3.12. The molecule has 0 amide bonds. The largest absolute Gasteiger partial charge is 0.494 e.